The van der Waals surface area contributed by atoms with E-state index in [1.165, 1.54) is 7.11 Å². The molecule has 2 rings (SSSR count). The van der Waals surface area contributed by atoms with Crippen molar-refractivity contribution in [1.29, 1.82) is 0 Å². The van der Waals surface area contributed by atoms with Crippen molar-refractivity contribution in [3.05, 3.63) is 34.0 Å². The van der Waals surface area contributed by atoms with E-state index in [1.54, 1.807) is 0 Å². The van der Waals surface area contributed by atoms with E-state index in [-0.39, 0.29) is 16.6 Å². The molecular weight excluding hydrogens is 203 g/mol. The van der Waals surface area contributed by atoms with Crippen molar-refractivity contribution in [3.8, 4) is 0 Å². The Morgan fingerprint density at radius 2 is 2.13 bits per heavy atom. The molecule has 0 bridgehead atoms. The monoisotopic (exact) mass is 210 g/mol. The van der Waals surface area contributed by atoms with Gasteiger partial charge in [-0.05, 0) is 12.1 Å². The number of rotatable bonds is 1. The average Bonchev–Trinajstić information content (AvgIpc) is 2.55. The number of carbonyl (C=O) groups is 1. The van der Waals surface area contributed by atoms with Gasteiger partial charge in [0.25, 0.3) is 0 Å². The highest BCUT2D eigenvalue weighted by Crippen LogP contribution is 2.16. The number of methoxy groups -OCH3 is 1. The third-order valence-corrected chi connectivity index (χ3v) is 2.00. The molecule has 0 aliphatic carbocycles. The highest BCUT2D eigenvalue weighted by molar-refractivity contribution is 6.01. The minimum absolute atomic E-state index is 0.00847. The largest absolute Gasteiger partial charge is 0.465 e. The lowest BCUT2D eigenvalue weighted by molar-refractivity contribution is 0.0602. The average molecular weight is 210 g/mol. The van der Waals surface area contributed by atoms with Gasteiger partial charge < -0.3 is 14.7 Å². The summed E-state index contributed by atoms with van der Waals surface area (Å²) in [6, 6.07) is 2.14. The van der Waals surface area contributed by atoms with Crippen LogP contribution in [0.2, 0.25) is 0 Å². The van der Waals surface area contributed by atoms with E-state index in [9.17, 15) is 14.0 Å². The first-order valence-corrected chi connectivity index (χ1v) is 4.11. The van der Waals surface area contributed by atoms with Crippen LogP contribution in [0.3, 0.4) is 0 Å². The first-order chi connectivity index (χ1) is 7.11. The molecule has 0 fully saturated rings. The second-order valence-corrected chi connectivity index (χ2v) is 2.95. The van der Waals surface area contributed by atoms with Gasteiger partial charge in [0, 0.05) is 0 Å². The van der Waals surface area contributed by atoms with E-state index in [4.69, 9.17) is 0 Å². The van der Waals surface area contributed by atoms with Crippen LogP contribution in [0.25, 0.3) is 11.0 Å². The molecule has 6 heteroatoms. The van der Waals surface area contributed by atoms with Crippen molar-refractivity contribution in [2.24, 2.45) is 0 Å². The normalized spacial score (nSPS) is 10.5. The van der Waals surface area contributed by atoms with Crippen molar-refractivity contribution in [3.63, 3.8) is 0 Å². The number of hydrogen-bond donors (Lipinski definition) is 2. The summed E-state index contributed by atoms with van der Waals surface area (Å²) in [7, 11) is 1.18. The zero-order valence-electron chi connectivity index (χ0n) is 7.76. The summed E-state index contributed by atoms with van der Waals surface area (Å²) in [6.07, 6.45) is 0. The van der Waals surface area contributed by atoms with Crippen molar-refractivity contribution < 1.29 is 13.9 Å². The molecule has 0 aliphatic rings. The standard InChI is InChI=1S/C9H7FN2O3/c1-15-8(13)5-2-4(10)3-6-7(5)12-9(14)11-6/h2-3H,1H3,(H2,11,12,14). The fourth-order valence-corrected chi connectivity index (χ4v) is 1.38. The molecule has 0 spiro atoms. The third-order valence-electron chi connectivity index (χ3n) is 2.00. The van der Waals surface area contributed by atoms with E-state index < -0.39 is 17.5 Å². The van der Waals surface area contributed by atoms with E-state index in [0.29, 0.717) is 0 Å². The van der Waals surface area contributed by atoms with Crippen LogP contribution < -0.4 is 5.69 Å². The maximum absolute atomic E-state index is 13.1. The van der Waals surface area contributed by atoms with Crippen molar-refractivity contribution >= 4 is 17.0 Å². The van der Waals surface area contributed by atoms with Gasteiger partial charge in [-0.1, -0.05) is 0 Å². The molecule has 0 radical (unpaired) electrons. The summed E-state index contributed by atoms with van der Waals surface area (Å²) in [4.78, 5) is 27.0. The predicted octanol–water partition coefficient (Wildman–Crippen LogP) is 0.782. The fourth-order valence-electron chi connectivity index (χ4n) is 1.38. The van der Waals surface area contributed by atoms with Crippen LogP contribution in [0.4, 0.5) is 4.39 Å². The minimum atomic E-state index is -0.699. The summed E-state index contributed by atoms with van der Waals surface area (Å²) < 4.78 is 17.5. The Labute approximate surface area is 82.9 Å². The molecule has 1 aromatic carbocycles. The van der Waals surface area contributed by atoms with Gasteiger partial charge >= 0.3 is 11.7 Å². The second-order valence-electron chi connectivity index (χ2n) is 2.95. The fraction of sp³-hybridized carbons (Fsp3) is 0.111. The molecule has 2 N–H and O–H groups in total. The molecule has 0 unspecified atom stereocenters. The quantitative estimate of drug-likeness (QED) is 0.683. The van der Waals surface area contributed by atoms with Crippen LogP contribution in [0.1, 0.15) is 10.4 Å². The number of nitrogens with one attached hydrogen (secondary N) is 2. The Morgan fingerprint density at radius 1 is 1.40 bits per heavy atom. The van der Waals surface area contributed by atoms with Crippen molar-refractivity contribution in [2.75, 3.05) is 7.11 Å². The Bertz CT molecular complexity index is 585. The van der Waals surface area contributed by atoms with Crippen LogP contribution in [-0.2, 0) is 4.74 Å². The predicted molar refractivity (Wildman–Crippen MR) is 50.2 cm³/mol. The lowest BCUT2D eigenvalue weighted by Gasteiger charge is -2.00. The number of H-pyrrole nitrogens is 2. The van der Waals surface area contributed by atoms with E-state index >= 15 is 0 Å². The summed E-state index contributed by atoms with van der Waals surface area (Å²) in [5.41, 5.74) is -0.0275. The number of ether oxygens (including phenoxy) is 1. The zero-order chi connectivity index (χ0) is 11.0. The maximum atomic E-state index is 13.1. The summed E-state index contributed by atoms with van der Waals surface area (Å²) >= 11 is 0. The number of carbonyl (C=O) groups excluding carboxylic acids is 1. The molecule has 1 aromatic heterocycles. The van der Waals surface area contributed by atoms with E-state index in [1.807, 2.05) is 0 Å². The molecule has 5 nitrogen and oxygen atoms in total. The van der Waals surface area contributed by atoms with Gasteiger partial charge in [-0.25, -0.2) is 14.0 Å². The number of fused-ring (bicyclic) bond motifs is 1. The number of esters is 1. The van der Waals surface area contributed by atoms with Gasteiger partial charge in [0.1, 0.15) is 5.82 Å². The molecule has 0 saturated carbocycles. The van der Waals surface area contributed by atoms with Gasteiger partial charge in [0.2, 0.25) is 0 Å². The smallest absolute Gasteiger partial charge is 0.340 e. The number of halogens is 1. The van der Waals surface area contributed by atoms with Crippen LogP contribution in [0.15, 0.2) is 16.9 Å². The third kappa shape index (κ3) is 1.50. The first kappa shape index (κ1) is 9.45. The van der Waals surface area contributed by atoms with Gasteiger partial charge in [-0.3, -0.25) is 0 Å². The molecule has 78 valence electrons. The van der Waals surface area contributed by atoms with Crippen LogP contribution in [0.5, 0.6) is 0 Å². The SMILES string of the molecule is COC(=O)c1cc(F)cc2[nH]c(=O)[nH]c12. The Morgan fingerprint density at radius 3 is 2.80 bits per heavy atom. The Kier molecular flexibility index (Phi) is 2.03. The molecule has 0 amide bonds. The van der Waals surface area contributed by atoms with Gasteiger partial charge in [0.05, 0.1) is 23.7 Å². The number of imidazole rings is 1. The summed E-state index contributed by atoms with van der Waals surface area (Å²) in [5, 5.41) is 0. The van der Waals surface area contributed by atoms with E-state index in [2.05, 4.69) is 14.7 Å². The lowest BCUT2D eigenvalue weighted by atomic mass is 10.2. The number of aromatic nitrogens is 2. The van der Waals surface area contributed by atoms with Gasteiger partial charge in [-0.15, -0.1) is 0 Å². The van der Waals surface area contributed by atoms with Gasteiger partial charge in [0.15, 0.2) is 0 Å². The summed E-state index contributed by atoms with van der Waals surface area (Å²) in [5.74, 6) is -1.31. The minimum Gasteiger partial charge on any atom is -0.465 e. The van der Waals surface area contributed by atoms with E-state index in [0.717, 1.165) is 12.1 Å². The van der Waals surface area contributed by atoms with Crippen LogP contribution >= 0.6 is 0 Å². The Balaban J connectivity index is 2.81. The molecule has 0 atom stereocenters. The highest BCUT2D eigenvalue weighted by Gasteiger charge is 2.14. The molecule has 0 saturated heterocycles. The zero-order valence-corrected chi connectivity index (χ0v) is 7.76. The second kappa shape index (κ2) is 3.23. The number of hydrogen-bond acceptors (Lipinski definition) is 3. The summed E-state index contributed by atoms with van der Waals surface area (Å²) in [6.45, 7) is 0. The maximum Gasteiger partial charge on any atom is 0.340 e. The van der Waals surface area contributed by atoms with Gasteiger partial charge in [-0.2, -0.15) is 0 Å². The molecular formula is C9H7FN2O3. The topological polar surface area (TPSA) is 75.0 Å². The van der Waals surface area contributed by atoms with Crippen LogP contribution in [0, 0.1) is 5.82 Å². The van der Waals surface area contributed by atoms with Crippen molar-refractivity contribution in [2.45, 2.75) is 0 Å². The van der Waals surface area contributed by atoms with Crippen LogP contribution in [-0.4, -0.2) is 23.0 Å². The number of aromatic amines is 2. The number of benzene rings is 1. The molecule has 0 aliphatic heterocycles. The lowest BCUT2D eigenvalue weighted by Crippen LogP contribution is -2.04. The highest BCUT2D eigenvalue weighted by atomic mass is 19.1. The first-order valence-electron chi connectivity index (χ1n) is 4.11. The molecule has 2 aromatic rings. The molecule has 1 heterocycles. The molecule has 15 heavy (non-hydrogen) atoms. The Hall–Kier alpha value is -2.11. The van der Waals surface area contributed by atoms with Crippen molar-refractivity contribution in [1.82, 2.24) is 9.97 Å².